The highest BCUT2D eigenvalue weighted by Crippen LogP contribution is 2.03. The number of aromatic amines is 2. The summed E-state index contributed by atoms with van der Waals surface area (Å²) in [6, 6.07) is 11.4. The standard InChI is InChI=1S/C16H18N4O2S/c1-11(7-8-12-5-3-2-4-6-12)19-20-15(22)10-13-9-14(21)18-16(23)17-13/h2-6,9H,7-8,10H2,1H3,(H,20,22)(H2,17,18,21,23)/b19-11-. The number of H-pyrrole nitrogens is 2. The molecule has 2 aromatic rings. The van der Waals surface area contributed by atoms with Crippen LogP contribution in [0.1, 0.15) is 24.6 Å². The number of aromatic nitrogens is 2. The Morgan fingerprint density at radius 1 is 1.26 bits per heavy atom. The Kier molecular flexibility index (Phi) is 5.99. The van der Waals surface area contributed by atoms with E-state index in [4.69, 9.17) is 12.2 Å². The minimum atomic E-state index is -0.334. The largest absolute Gasteiger partial charge is 0.335 e. The summed E-state index contributed by atoms with van der Waals surface area (Å²) in [5.74, 6) is -0.305. The third-order valence-electron chi connectivity index (χ3n) is 3.16. The van der Waals surface area contributed by atoms with Crippen LogP contribution in [0.5, 0.6) is 0 Å². The van der Waals surface area contributed by atoms with Crippen LogP contribution in [-0.4, -0.2) is 21.6 Å². The van der Waals surface area contributed by atoms with Gasteiger partial charge in [-0.2, -0.15) is 5.10 Å². The summed E-state index contributed by atoms with van der Waals surface area (Å²) in [6.07, 6.45) is 1.65. The second kappa shape index (κ2) is 8.19. The number of aryl methyl sites for hydroxylation is 1. The molecule has 0 aliphatic carbocycles. The molecule has 0 bridgehead atoms. The maximum absolute atomic E-state index is 11.8. The van der Waals surface area contributed by atoms with Crippen LogP contribution >= 0.6 is 12.2 Å². The molecule has 0 spiro atoms. The smallest absolute Gasteiger partial charge is 0.251 e. The van der Waals surface area contributed by atoms with E-state index in [9.17, 15) is 9.59 Å². The minimum Gasteiger partial charge on any atom is -0.335 e. The molecule has 1 aromatic heterocycles. The van der Waals surface area contributed by atoms with Gasteiger partial charge in [-0.25, -0.2) is 5.43 Å². The molecular formula is C16H18N4O2S. The second-order valence-electron chi connectivity index (χ2n) is 5.16. The summed E-state index contributed by atoms with van der Waals surface area (Å²) in [5.41, 5.74) is 4.67. The van der Waals surface area contributed by atoms with Crippen molar-refractivity contribution in [1.29, 1.82) is 0 Å². The van der Waals surface area contributed by atoms with Gasteiger partial charge in [0.15, 0.2) is 4.77 Å². The molecule has 120 valence electrons. The number of carbonyl (C=O) groups is 1. The summed E-state index contributed by atoms with van der Waals surface area (Å²) in [6.45, 7) is 1.86. The van der Waals surface area contributed by atoms with Gasteiger partial charge < -0.3 is 4.98 Å². The van der Waals surface area contributed by atoms with E-state index in [1.165, 1.54) is 11.6 Å². The number of nitrogens with zero attached hydrogens (tertiary/aromatic N) is 1. The number of benzene rings is 1. The molecule has 7 heteroatoms. The Hall–Kier alpha value is -2.54. The van der Waals surface area contributed by atoms with Gasteiger partial charge in [0.2, 0.25) is 5.91 Å². The van der Waals surface area contributed by atoms with Crippen LogP contribution in [0, 0.1) is 4.77 Å². The van der Waals surface area contributed by atoms with E-state index in [1.807, 2.05) is 25.1 Å². The second-order valence-corrected chi connectivity index (χ2v) is 5.57. The van der Waals surface area contributed by atoms with Gasteiger partial charge in [-0.3, -0.25) is 14.6 Å². The number of hydrogen-bond donors (Lipinski definition) is 3. The molecule has 23 heavy (non-hydrogen) atoms. The van der Waals surface area contributed by atoms with Crippen LogP contribution in [0.4, 0.5) is 0 Å². The molecule has 1 amide bonds. The molecule has 3 N–H and O–H groups in total. The SMILES string of the molecule is C/C(CCc1ccccc1)=N/NC(=O)Cc1cc(=O)[nH]c(=S)[nH]1. The number of carbonyl (C=O) groups excluding carboxylic acids is 1. The molecule has 0 aliphatic heterocycles. The van der Waals surface area contributed by atoms with Crippen LogP contribution < -0.4 is 11.0 Å². The predicted octanol–water partition coefficient (Wildman–Crippen LogP) is 2.10. The first-order chi connectivity index (χ1) is 11.0. The molecule has 0 unspecified atom stereocenters. The quantitative estimate of drug-likeness (QED) is 0.430. The monoisotopic (exact) mass is 330 g/mol. The molecule has 1 heterocycles. The average Bonchev–Trinajstić information content (AvgIpc) is 2.51. The highest BCUT2D eigenvalue weighted by Gasteiger charge is 2.04. The first-order valence-electron chi connectivity index (χ1n) is 7.21. The van der Waals surface area contributed by atoms with Gasteiger partial charge in [-0.15, -0.1) is 0 Å². The fourth-order valence-corrected chi connectivity index (χ4v) is 2.24. The molecule has 0 saturated heterocycles. The van der Waals surface area contributed by atoms with Gasteiger partial charge >= 0.3 is 0 Å². The van der Waals surface area contributed by atoms with Gasteiger partial charge in [0.1, 0.15) is 0 Å². The lowest BCUT2D eigenvalue weighted by Gasteiger charge is -2.03. The highest BCUT2D eigenvalue weighted by molar-refractivity contribution is 7.71. The molecule has 0 aliphatic rings. The van der Waals surface area contributed by atoms with Gasteiger partial charge in [-0.1, -0.05) is 30.3 Å². The van der Waals surface area contributed by atoms with E-state index >= 15 is 0 Å². The van der Waals surface area contributed by atoms with Crippen molar-refractivity contribution in [2.75, 3.05) is 0 Å². The Morgan fingerprint density at radius 2 is 2.00 bits per heavy atom. The first kappa shape index (κ1) is 16.8. The number of rotatable bonds is 6. The van der Waals surface area contributed by atoms with Crippen molar-refractivity contribution in [3.63, 3.8) is 0 Å². The summed E-state index contributed by atoms with van der Waals surface area (Å²) < 4.78 is 0.197. The lowest BCUT2D eigenvalue weighted by Crippen LogP contribution is -2.22. The van der Waals surface area contributed by atoms with Gasteiger partial charge in [0.05, 0.1) is 6.42 Å². The van der Waals surface area contributed by atoms with Crippen molar-refractivity contribution in [3.8, 4) is 0 Å². The Bertz CT molecular complexity index is 780. The van der Waals surface area contributed by atoms with E-state index in [2.05, 4.69) is 32.6 Å². The van der Waals surface area contributed by atoms with E-state index in [-0.39, 0.29) is 22.7 Å². The van der Waals surface area contributed by atoms with Crippen molar-refractivity contribution < 1.29 is 4.79 Å². The molecule has 1 aromatic carbocycles. The zero-order valence-electron chi connectivity index (χ0n) is 12.8. The maximum Gasteiger partial charge on any atom is 0.251 e. The summed E-state index contributed by atoms with van der Waals surface area (Å²) in [5, 5.41) is 4.07. The van der Waals surface area contributed by atoms with Crippen LogP contribution in [0.15, 0.2) is 46.3 Å². The number of nitrogens with one attached hydrogen (secondary N) is 3. The van der Waals surface area contributed by atoms with Crippen molar-refractivity contribution in [3.05, 3.63) is 62.8 Å². The lowest BCUT2D eigenvalue weighted by atomic mass is 10.1. The summed E-state index contributed by atoms with van der Waals surface area (Å²) in [4.78, 5) is 28.3. The Balaban J connectivity index is 1.85. The number of amides is 1. The van der Waals surface area contributed by atoms with E-state index in [0.29, 0.717) is 5.69 Å². The van der Waals surface area contributed by atoms with Crippen LogP contribution in [-0.2, 0) is 17.6 Å². The van der Waals surface area contributed by atoms with Crippen molar-refractivity contribution in [1.82, 2.24) is 15.4 Å². The fraction of sp³-hybridized carbons (Fsp3) is 0.250. The van der Waals surface area contributed by atoms with Gasteiger partial charge in [0.25, 0.3) is 5.56 Å². The average molecular weight is 330 g/mol. The maximum atomic E-state index is 11.8. The van der Waals surface area contributed by atoms with Gasteiger partial charge in [-0.05, 0) is 37.5 Å². The zero-order chi connectivity index (χ0) is 16.7. The third kappa shape index (κ3) is 5.99. The van der Waals surface area contributed by atoms with Crippen LogP contribution in [0.25, 0.3) is 0 Å². The van der Waals surface area contributed by atoms with Crippen LogP contribution in [0.3, 0.4) is 0 Å². The zero-order valence-corrected chi connectivity index (χ0v) is 13.6. The molecule has 6 nitrogen and oxygen atoms in total. The minimum absolute atomic E-state index is 0.0169. The predicted molar refractivity (Wildman–Crippen MR) is 92.0 cm³/mol. The number of hydrogen-bond acceptors (Lipinski definition) is 4. The highest BCUT2D eigenvalue weighted by atomic mass is 32.1. The first-order valence-corrected chi connectivity index (χ1v) is 7.62. The van der Waals surface area contributed by atoms with E-state index in [0.717, 1.165) is 18.6 Å². The normalized spacial score (nSPS) is 11.3. The molecule has 0 radical (unpaired) electrons. The van der Waals surface area contributed by atoms with Gasteiger partial charge in [0, 0.05) is 17.5 Å². The van der Waals surface area contributed by atoms with E-state index in [1.54, 1.807) is 0 Å². The molecular weight excluding hydrogens is 312 g/mol. The fourth-order valence-electron chi connectivity index (χ4n) is 2.01. The molecule has 2 rings (SSSR count). The van der Waals surface area contributed by atoms with E-state index < -0.39 is 0 Å². The van der Waals surface area contributed by atoms with Crippen molar-refractivity contribution in [2.24, 2.45) is 5.10 Å². The summed E-state index contributed by atoms with van der Waals surface area (Å²) >= 11 is 4.86. The van der Waals surface area contributed by atoms with Crippen molar-refractivity contribution >= 4 is 23.8 Å². The summed E-state index contributed by atoms with van der Waals surface area (Å²) in [7, 11) is 0. The Morgan fingerprint density at radius 3 is 2.70 bits per heavy atom. The third-order valence-corrected chi connectivity index (χ3v) is 3.36. The molecule has 0 saturated carbocycles. The molecule has 0 atom stereocenters. The number of hydrazone groups is 1. The topological polar surface area (TPSA) is 90.1 Å². The lowest BCUT2D eigenvalue weighted by molar-refractivity contribution is -0.120. The Labute approximate surface area is 138 Å². The van der Waals surface area contributed by atoms with Crippen LogP contribution in [0.2, 0.25) is 0 Å². The molecule has 0 fully saturated rings. The van der Waals surface area contributed by atoms with Crippen molar-refractivity contribution in [2.45, 2.75) is 26.2 Å².